The molecule has 0 aliphatic rings. The van der Waals surface area contributed by atoms with E-state index in [0.717, 1.165) is 33.1 Å². The first kappa shape index (κ1) is 15.1. The lowest BCUT2D eigenvalue weighted by molar-refractivity contribution is -0.137. The highest BCUT2D eigenvalue weighted by molar-refractivity contribution is 9.10. The van der Waals surface area contributed by atoms with Crippen LogP contribution in [0.3, 0.4) is 0 Å². The van der Waals surface area contributed by atoms with Crippen molar-refractivity contribution >= 4 is 32.5 Å². The molecular weight excluding hydrogens is 385 g/mol. The van der Waals surface area contributed by atoms with Gasteiger partial charge in [0.2, 0.25) is 0 Å². The van der Waals surface area contributed by atoms with E-state index in [1.807, 2.05) is 18.2 Å². The Labute approximate surface area is 142 Å². The lowest BCUT2D eigenvalue weighted by Crippen LogP contribution is -2.04. The Balaban J connectivity index is 1.98. The fourth-order valence-electron chi connectivity index (χ4n) is 2.65. The number of fused-ring (bicyclic) bond motifs is 3. The molecule has 0 amide bonds. The summed E-state index contributed by atoms with van der Waals surface area (Å²) in [6.45, 7) is 0. The molecule has 4 nitrogen and oxygen atoms in total. The van der Waals surface area contributed by atoms with Gasteiger partial charge in [0.1, 0.15) is 0 Å². The van der Waals surface area contributed by atoms with Crippen LogP contribution >= 0.6 is 15.9 Å². The fraction of sp³-hybridized carbons (Fsp3) is 0.0625. The number of hydrogen-bond acceptors (Lipinski definition) is 3. The van der Waals surface area contributed by atoms with Gasteiger partial charge in [-0.15, -0.1) is 5.10 Å². The van der Waals surface area contributed by atoms with Crippen LogP contribution in [-0.4, -0.2) is 20.0 Å². The summed E-state index contributed by atoms with van der Waals surface area (Å²) in [6, 6.07) is 12.4. The van der Waals surface area contributed by atoms with E-state index in [2.05, 4.69) is 31.5 Å². The summed E-state index contributed by atoms with van der Waals surface area (Å²) in [5, 5.41) is 12.4. The number of tetrazole rings is 1. The van der Waals surface area contributed by atoms with E-state index in [4.69, 9.17) is 0 Å². The molecular formula is C16H8BrF3N4. The first-order valence-corrected chi connectivity index (χ1v) is 7.71. The van der Waals surface area contributed by atoms with E-state index in [0.29, 0.717) is 11.2 Å². The van der Waals surface area contributed by atoms with Gasteiger partial charge in [-0.2, -0.15) is 17.7 Å². The number of nitrogens with zero attached hydrogens (tertiary/aromatic N) is 4. The first-order valence-electron chi connectivity index (χ1n) is 6.91. The monoisotopic (exact) mass is 392 g/mol. The Morgan fingerprint density at radius 2 is 1.71 bits per heavy atom. The number of hydrogen-bond donors (Lipinski definition) is 0. The molecule has 4 rings (SSSR count). The number of alkyl halides is 3. The molecule has 2 aromatic carbocycles. The maximum absolute atomic E-state index is 12.8. The van der Waals surface area contributed by atoms with Crippen LogP contribution < -0.4 is 0 Å². The summed E-state index contributed by atoms with van der Waals surface area (Å²) in [5.74, 6) is 0. The zero-order valence-corrected chi connectivity index (χ0v) is 13.5. The molecule has 8 heteroatoms. The van der Waals surface area contributed by atoms with Crippen molar-refractivity contribution in [1.29, 1.82) is 0 Å². The Kier molecular flexibility index (Phi) is 3.31. The molecule has 0 atom stereocenters. The summed E-state index contributed by atoms with van der Waals surface area (Å²) >= 11 is 3.41. The second kappa shape index (κ2) is 5.27. The predicted octanol–water partition coefficient (Wildman–Crippen LogP) is 4.73. The van der Waals surface area contributed by atoms with Gasteiger partial charge in [0.15, 0.2) is 5.65 Å². The van der Waals surface area contributed by atoms with Crippen molar-refractivity contribution in [1.82, 2.24) is 20.0 Å². The van der Waals surface area contributed by atoms with Crippen molar-refractivity contribution in [3.8, 4) is 11.1 Å². The topological polar surface area (TPSA) is 43.1 Å². The standard InChI is InChI=1S/C16H8BrF3N4/c17-11-5-6-12-13(8-15-21-22-23-24(15)14(12)7-11)9-1-3-10(4-2-9)16(18,19)20/h1-8H. The Morgan fingerprint density at radius 1 is 0.958 bits per heavy atom. The quantitative estimate of drug-likeness (QED) is 0.470. The van der Waals surface area contributed by atoms with E-state index in [9.17, 15) is 13.2 Å². The van der Waals surface area contributed by atoms with E-state index in [1.54, 1.807) is 10.6 Å². The molecule has 0 fully saturated rings. The molecule has 0 N–H and O–H groups in total. The van der Waals surface area contributed by atoms with Crippen molar-refractivity contribution in [2.24, 2.45) is 0 Å². The van der Waals surface area contributed by atoms with Gasteiger partial charge in [-0.3, -0.25) is 0 Å². The van der Waals surface area contributed by atoms with Crippen LogP contribution in [0.4, 0.5) is 13.2 Å². The molecule has 4 aromatic rings. The summed E-state index contributed by atoms with van der Waals surface area (Å²) < 4.78 is 40.7. The van der Waals surface area contributed by atoms with E-state index >= 15 is 0 Å². The molecule has 0 spiro atoms. The van der Waals surface area contributed by atoms with Crippen LogP contribution in [0.1, 0.15) is 5.56 Å². The number of halogens is 4. The molecule has 0 radical (unpaired) electrons. The summed E-state index contributed by atoms with van der Waals surface area (Å²) in [5.41, 5.74) is 2.05. The van der Waals surface area contributed by atoms with Crippen LogP contribution in [0.25, 0.3) is 27.7 Å². The molecule has 120 valence electrons. The maximum atomic E-state index is 12.8. The number of rotatable bonds is 1. The zero-order chi connectivity index (χ0) is 16.9. The highest BCUT2D eigenvalue weighted by atomic mass is 79.9. The van der Waals surface area contributed by atoms with Crippen LogP contribution in [-0.2, 0) is 6.18 Å². The molecule has 0 unspecified atom stereocenters. The van der Waals surface area contributed by atoms with Crippen LogP contribution in [0.15, 0.2) is 53.0 Å². The Hall–Kier alpha value is -2.48. The summed E-state index contributed by atoms with van der Waals surface area (Å²) in [4.78, 5) is 0. The maximum Gasteiger partial charge on any atom is 0.416 e. The third-order valence-corrected chi connectivity index (χ3v) is 4.26. The summed E-state index contributed by atoms with van der Waals surface area (Å²) in [7, 11) is 0. The second-order valence-corrected chi connectivity index (χ2v) is 6.16. The molecule has 0 saturated heterocycles. The van der Waals surface area contributed by atoms with Crippen molar-refractivity contribution in [2.45, 2.75) is 6.18 Å². The summed E-state index contributed by atoms with van der Waals surface area (Å²) in [6.07, 6.45) is -4.35. The Morgan fingerprint density at radius 3 is 2.42 bits per heavy atom. The lowest BCUT2D eigenvalue weighted by atomic mass is 10.00. The van der Waals surface area contributed by atoms with Crippen LogP contribution in [0.5, 0.6) is 0 Å². The van der Waals surface area contributed by atoms with Crippen molar-refractivity contribution in [3.63, 3.8) is 0 Å². The van der Waals surface area contributed by atoms with Gasteiger partial charge in [-0.1, -0.05) is 34.1 Å². The second-order valence-electron chi connectivity index (χ2n) is 5.24. The largest absolute Gasteiger partial charge is 0.416 e. The molecule has 0 bridgehead atoms. The highest BCUT2D eigenvalue weighted by Crippen LogP contribution is 2.34. The van der Waals surface area contributed by atoms with Gasteiger partial charge in [-0.05, 0) is 51.9 Å². The van der Waals surface area contributed by atoms with E-state index in [-0.39, 0.29) is 0 Å². The first-order chi connectivity index (χ1) is 11.4. The van der Waals surface area contributed by atoms with E-state index < -0.39 is 11.7 Å². The third kappa shape index (κ3) is 2.43. The highest BCUT2D eigenvalue weighted by Gasteiger charge is 2.30. The van der Waals surface area contributed by atoms with Gasteiger partial charge in [0, 0.05) is 9.86 Å². The fourth-order valence-corrected chi connectivity index (χ4v) is 3.00. The normalized spacial score (nSPS) is 12.2. The number of pyridine rings is 1. The average Bonchev–Trinajstić information content (AvgIpc) is 3.02. The number of benzene rings is 2. The minimum atomic E-state index is -4.35. The minimum Gasteiger partial charge on any atom is -0.193 e. The minimum absolute atomic E-state index is 0.524. The number of aromatic nitrogens is 4. The molecule has 0 aliphatic heterocycles. The smallest absolute Gasteiger partial charge is 0.193 e. The van der Waals surface area contributed by atoms with Gasteiger partial charge >= 0.3 is 6.18 Å². The average molecular weight is 393 g/mol. The zero-order valence-electron chi connectivity index (χ0n) is 11.9. The molecule has 0 aliphatic carbocycles. The predicted molar refractivity (Wildman–Crippen MR) is 86.4 cm³/mol. The van der Waals surface area contributed by atoms with Crippen molar-refractivity contribution in [3.05, 3.63) is 58.6 Å². The van der Waals surface area contributed by atoms with Gasteiger partial charge in [-0.25, -0.2) is 0 Å². The van der Waals surface area contributed by atoms with Crippen LogP contribution in [0.2, 0.25) is 0 Å². The lowest BCUT2D eigenvalue weighted by Gasteiger charge is -2.10. The van der Waals surface area contributed by atoms with Gasteiger partial charge < -0.3 is 0 Å². The van der Waals surface area contributed by atoms with Crippen molar-refractivity contribution < 1.29 is 13.2 Å². The van der Waals surface area contributed by atoms with Gasteiger partial charge in [0.25, 0.3) is 0 Å². The molecule has 0 saturated carbocycles. The van der Waals surface area contributed by atoms with Gasteiger partial charge in [0.05, 0.1) is 11.1 Å². The Bertz CT molecular complexity index is 1050. The SMILES string of the molecule is FC(F)(F)c1ccc(-c2cc3nnnn3c3cc(Br)ccc23)cc1. The molecule has 2 aromatic heterocycles. The van der Waals surface area contributed by atoms with E-state index in [1.165, 1.54) is 12.1 Å². The third-order valence-electron chi connectivity index (χ3n) is 3.77. The molecule has 24 heavy (non-hydrogen) atoms. The molecule has 2 heterocycles. The van der Waals surface area contributed by atoms with Crippen LogP contribution in [0, 0.1) is 0 Å². The van der Waals surface area contributed by atoms with Crippen molar-refractivity contribution in [2.75, 3.05) is 0 Å².